The van der Waals surface area contributed by atoms with Crippen molar-refractivity contribution in [2.75, 3.05) is 6.54 Å². The maximum atomic E-state index is 12.0. The molecule has 20 heavy (non-hydrogen) atoms. The Bertz CT molecular complexity index is 542. The number of hydrogen-bond donors (Lipinski definition) is 2. The molecule has 0 fully saturated rings. The van der Waals surface area contributed by atoms with Crippen molar-refractivity contribution in [2.24, 2.45) is 0 Å². The van der Waals surface area contributed by atoms with Crippen molar-refractivity contribution in [2.45, 2.75) is 45.2 Å². The van der Waals surface area contributed by atoms with E-state index in [4.69, 9.17) is 0 Å². The van der Waals surface area contributed by atoms with E-state index in [1.54, 1.807) is 12.1 Å². The number of benzene rings is 1. The second-order valence-electron chi connectivity index (χ2n) is 5.31. The van der Waals surface area contributed by atoms with E-state index in [2.05, 4.69) is 23.9 Å². The molecule has 2 N–H and O–H groups in total. The summed E-state index contributed by atoms with van der Waals surface area (Å²) >= 11 is 0. The minimum absolute atomic E-state index is 0.299. The van der Waals surface area contributed by atoms with E-state index in [0.717, 1.165) is 17.7 Å². The van der Waals surface area contributed by atoms with Gasteiger partial charge in [-0.25, -0.2) is 13.1 Å². The first-order valence-corrected chi connectivity index (χ1v) is 8.25. The number of nitrogens with one attached hydrogen (secondary N) is 2. The summed E-state index contributed by atoms with van der Waals surface area (Å²) in [6, 6.07) is 7.37. The van der Waals surface area contributed by atoms with Gasteiger partial charge in [0.25, 0.3) is 0 Å². The Labute approximate surface area is 122 Å². The van der Waals surface area contributed by atoms with Crippen molar-refractivity contribution < 1.29 is 8.42 Å². The molecule has 112 valence electrons. The minimum atomic E-state index is -3.42. The largest absolute Gasteiger partial charge is 0.310 e. The summed E-state index contributed by atoms with van der Waals surface area (Å²) in [5, 5.41) is 3.29. The maximum absolute atomic E-state index is 12.0. The average molecular weight is 296 g/mol. The Hall–Kier alpha value is -1.17. The molecule has 0 atom stereocenters. The van der Waals surface area contributed by atoms with E-state index in [0.29, 0.717) is 17.5 Å². The van der Waals surface area contributed by atoms with Gasteiger partial charge in [-0.1, -0.05) is 37.6 Å². The summed E-state index contributed by atoms with van der Waals surface area (Å²) < 4.78 is 26.6. The summed E-state index contributed by atoms with van der Waals surface area (Å²) in [6.45, 7) is 9.08. The molecule has 4 nitrogen and oxygen atoms in total. The molecule has 0 aliphatic heterocycles. The third kappa shape index (κ3) is 5.86. The van der Waals surface area contributed by atoms with E-state index in [9.17, 15) is 8.42 Å². The quantitative estimate of drug-likeness (QED) is 0.760. The smallest absolute Gasteiger partial charge is 0.240 e. The summed E-state index contributed by atoms with van der Waals surface area (Å²) in [6.07, 6.45) is 1.85. The molecule has 0 unspecified atom stereocenters. The van der Waals surface area contributed by atoms with E-state index in [1.165, 1.54) is 0 Å². The fraction of sp³-hybridized carbons (Fsp3) is 0.467. The lowest BCUT2D eigenvalue weighted by Gasteiger charge is -2.09. The summed E-state index contributed by atoms with van der Waals surface area (Å²) in [7, 11) is -3.42. The third-order valence-corrected chi connectivity index (χ3v) is 4.17. The molecule has 1 aromatic carbocycles. The summed E-state index contributed by atoms with van der Waals surface area (Å²) in [5.41, 5.74) is 2.16. The number of rotatable bonds is 7. The van der Waals surface area contributed by atoms with Gasteiger partial charge in [0.05, 0.1) is 4.90 Å². The Morgan fingerprint density at radius 3 is 2.30 bits per heavy atom. The third-order valence-electron chi connectivity index (χ3n) is 2.73. The van der Waals surface area contributed by atoms with E-state index in [1.807, 2.05) is 32.1 Å². The molecule has 0 amide bonds. The van der Waals surface area contributed by atoms with Crippen LogP contribution in [-0.2, 0) is 16.6 Å². The van der Waals surface area contributed by atoms with Gasteiger partial charge >= 0.3 is 0 Å². The van der Waals surface area contributed by atoms with Crippen molar-refractivity contribution in [3.63, 3.8) is 0 Å². The lowest BCUT2D eigenvalue weighted by Crippen LogP contribution is -2.24. The van der Waals surface area contributed by atoms with Gasteiger partial charge in [0.15, 0.2) is 0 Å². The van der Waals surface area contributed by atoms with Crippen LogP contribution in [0.3, 0.4) is 0 Å². The van der Waals surface area contributed by atoms with Gasteiger partial charge in [-0.05, 0) is 31.5 Å². The first-order valence-electron chi connectivity index (χ1n) is 6.76. The topological polar surface area (TPSA) is 58.2 Å². The molecule has 0 aliphatic carbocycles. The molecule has 0 aliphatic rings. The first kappa shape index (κ1) is 16.9. The fourth-order valence-electron chi connectivity index (χ4n) is 1.55. The van der Waals surface area contributed by atoms with Crippen LogP contribution in [0.1, 0.15) is 33.3 Å². The highest BCUT2D eigenvalue weighted by molar-refractivity contribution is 7.89. The van der Waals surface area contributed by atoms with Gasteiger partial charge in [-0.2, -0.15) is 0 Å². The highest BCUT2D eigenvalue weighted by Gasteiger charge is 2.12. The minimum Gasteiger partial charge on any atom is -0.310 e. The predicted molar refractivity (Wildman–Crippen MR) is 83.0 cm³/mol. The van der Waals surface area contributed by atoms with Gasteiger partial charge < -0.3 is 5.32 Å². The second-order valence-corrected chi connectivity index (χ2v) is 7.08. The van der Waals surface area contributed by atoms with Crippen LogP contribution in [0.15, 0.2) is 40.8 Å². The van der Waals surface area contributed by atoms with Crippen LogP contribution in [0.25, 0.3) is 0 Å². The van der Waals surface area contributed by atoms with E-state index in [-0.39, 0.29) is 0 Å². The van der Waals surface area contributed by atoms with Crippen molar-refractivity contribution in [1.82, 2.24) is 10.0 Å². The monoisotopic (exact) mass is 296 g/mol. The molecule has 5 heteroatoms. The molecule has 1 rings (SSSR count). The fourth-order valence-corrected chi connectivity index (χ4v) is 2.51. The standard InChI is InChI=1S/C15H24N2O2S/c1-12(2)9-10-17-20(18,19)15-7-5-14(6-8-15)11-16-13(3)4/h5-9,13,16-17H,10-11H2,1-4H3. The van der Waals surface area contributed by atoms with Crippen LogP contribution in [0.2, 0.25) is 0 Å². The van der Waals surface area contributed by atoms with Crippen LogP contribution >= 0.6 is 0 Å². The SMILES string of the molecule is CC(C)=CCNS(=O)(=O)c1ccc(CNC(C)C)cc1. The van der Waals surface area contributed by atoms with Gasteiger partial charge in [0.1, 0.15) is 0 Å². The number of sulfonamides is 1. The lowest BCUT2D eigenvalue weighted by atomic mass is 10.2. The van der Waals surface area contributed by atoms with Crippen molar-refractivity contribution in [3.05, 3.63) is 41.5 Å². The zero-order valence-corrected chi connectivity index (χ0v) is 13.4. The van der Waals surface area contributed by atoms with Crippen molar-refractivity contribution in [1.29, 1.82) is 0 Å². The molecular formula is C15H24N2O2S. The molecular weight excluding hydrogens is 272 g/mol. The van der Waals surface area contributed by atoms with Crippen LogP contribution in [0, 0.1) is 0 Å². The Balaban J connectivity index is 2.69. The Morgan fingerprint density at radius 2 is 1.80 bits per heavy atom. The van der Waals surface area contributed by atoms with Crippen molar-refractivity contribution >= 4 is 10.0 Å². The Kier molecular flexibility index (Phi) is 6.39. The maximum Gasteiger partial charge on any atom is 0.240 e. The molecule has 0 bridgehead atoms. The molecule has 0 radical (unpaired) electrons. The van der Waals surface area contributed by atoms with Crippen molar-refractivity contribution in [3.8, 4) is 0 Å². The van der Waals surface area contributed by atoms with Crippen LogP contribution in [0.5, 0.6) is 0 Å². The van der Waals surface area contributed by atoms with Crippen LogP contribution in [-0.4, -0.2) is 21.0 Å². The highest BCUT2D eigenvalue weighted by Crippen LogP contribution is 2.10. The first-order chi connectivity index (χ1) is 9.31. The van der Waals surface area contributed by atoms with Crippen LogP contribution < -0.4 is 10.0 Å². The average Bonchev–Trinajstić information content (AvgIpc) is 2.36. The summed E-state index contributed by atoms with van der Waals surface area (Å²) in [5.74, 6) is 0. The zero-order chi connectivity index (χ0) is 15.2. The molecule has 0 aromatic heterocycles. The molecule has 0 saturated heterocycles. The second kappa shape index (κ2) is 7.57. The number of allylic oxidation sites excluding steroid dienone is 1. The molecule has 1 aromatic rings. The molecule has 0 saturated carbocycles. The van der Waals surface area contributed by atoms with Gasteiger partial charge in [-0.15, -0.1) is 0 Å². The van der Waals surface area contributed by atoms with Gasteiger partial charge in [0, 0.05) is 19.1 Å². The number of hydrogen-bond acceptors (Lipinski definition) is 3. The normalized spacial score (nSPS) is 11.7. The highest BCUT2D eigenvalue weighted by atomic mass is 32.2. The van der Waals surface area contributed by atoms with Gasteiger partial charge in [0.2, 0.25) is 10.0 Å². The molecule has 0 spiro atoms. The van der Waals surface area contributed by atoms with Crippen LogP contribution in [0.4, 0.5) is 0 Å². The molecule has 0 heterocycles. The predicted octanol–water partition coefficient (Wildman–Crippen LogP) is 2.43. The van der Waals surface area contributed by atoms with E-state index < -0.39 is 10.0 Å². The zero-order valence-electron chi connectivity index (χ0n) is 12.6. The Morgan fingerprint density at radius 1 is 1.20 bits per heavy atom. The van der Waals surface area contributed by atoms with Gasteiger partial charge in [-0.3, -0.25) is 0 Å². The lowest BCUT2D eigenvalue weighted by molar-refractivity contribution is 0.583. The summed E-state index contributed by atoms with van der Waals surface area (Å²) in [4.78, 5) is 0.299. The van der Waals surface area contributed by atoms with E-state index >= 15 is 0 Å².